The summed E-state index contributed by atoms with van der Waals surface area (Å²) in [6.07, 6.45) is -0.699. The first-order valence-corrected chi connectivity index (χ1v) is 2.96. The molecule has 0 N–H and O–H groups in total. The third-order valence-electron chi connectivity index (χ3n) is 0.265. The zero-order valence-corrected chi connectivity index (χ0v) is 4.21. The van der Waals surface area contributed by atoms with Gasteiger partial charge in [0.05, 0.1) is 0 Å². The van der Waals surface area contributed by atoms with Crippen LogP contribution in [0.25, 0.3) is 0 Å². The highest BCUT2D eigenvalue weighted by molar-refractivity contribution is 6.33. The standard InChI is InChI=1S/C4H12Si/c1-3-4-5-2/h3-5H2,1-2H3/i1D3,4D2,5D2. The summed E-state index contributed by atoms with van der Waals surface area (Å²) in [5.41, 5.74) is 0. The molecular weight excluding hydrogens is 76.1 g/mol. The first kappa shape index (κ1) is 0.737. The van der Waals surface area contributed by atoms with Gasteiger partial charge in [-0.05, 0) is 0 Å². The van der Waals surface area contributed by atoms with Crippen LogP contribution in [0.5, 0.6) is 0 Å². The molecule has 0 bridgehead atoms. The van der Waals surface area contributed by atoms with Gasteiger partial charge < -0.3 is 0 Å². The summed E-state index contributed by atoms with van der Waals surface area (Å²) in [5, 5.41) is 0. The van der Waals surface area contributed by atoms with Crippen LogP contribution in [0.2, 0.25) is 12.5 Å². The van der Waals surface area contributed by atoms with Gasteiger partial charge in [-0.2, -0.15) is 0 Å². The minimum absolute atomic E-state index is 0.699. The van der Waals surface area contributed by atoms with E-state index < -0.39 is 28.7 Å². The summed E-state index contributed by atoms with van der Waals surface area (Å²) >= 11 is 0. The molecule has 0 unspecified atom stereocenters. The van der Waals surface area contributed by atoms with Crippen LogP contribution in [0, 0.1) is 0 Å². The van der Waals surface area contributed by atoms with Crippen molar-refractivity contribution in [3.63, 3.8) is 0 Å². The average Bonchev–Trinajstić information content (AvgIpc) is 1.52. The van der Waals surface area contributed by atoms with Gasteiger partial charge in [-0.3, -0.25) is 0 Å². The lowest BCUT2D eigenvalue weighted by atomic mass is 10.6. The summed E-state index contributed by atoms with van der Waals surface area (Å²) in [6.45, 7) is -1.21. The molecule has 0 atom stereocenters. The predicted octanol–water partition coefficient (Wildman–Crippen LogP) is 1.03. The molecule has 1 heteroatoms. The van der Waals surface area contributed by atoms with Gasteiger partial charge in [-0.15, -0.1) is 0 Å². The van der Waals surface area contributed by atoms with Crippen LogP contribution in [0.4, 0.5) is 0 Å². The van der Waals surface area contributed by atoms with Gasteiger partial charge in [-0.25, -0.2) is 0 Å². The fraction of sp³-hybridized carbons (Fsp3) is 1.00. The van der Waals surface area contributed by atoms with E-state index in [9.17, 15) is 0 Å². The Morgan fingerprint density at radius 3 is 3.40 bits per heavy atom. The topological polar surface area (TPSA) is 0 Å². The molecule has 0 aliphatic carbocycles. The average molecular weight is 95.3 g/mol. The highest BCUT2D eigenvalue weighted by Crippen LogP contribution is 1.81. The van der Waals surface area contributed by atoms with Crippen LogP contribution in [0.1, 0.15) is 20.1 Å². The van der Waals surface area contributed by atoms with Crippen LogP contribution >= 0.6 is 0 Å². The molecule has 0 rings (SSSR count). The summed E-state index contributed by atoms with van der Waals surface area (Å²) in [4.78, 5) is 0. The SMILES string of the molecule is [2H]C([2H])([2H])CC([2H])([2H])[Si]([2H])([2H])C. The third kappa shape index (κ3) is 4.22. The highest BCUT2D eigenvalue weighted by Gasteiger charge is 1.69. The normalized spacial score (nSPS) is 37.4. The molecule has 0 fully saturated rings. The molecule has 0 aromatic rings. The van der Waals surface area contributed by atoms with Crippen molar-refractivity contribution in [1.29, 1.82) is 2.47 Å². The minimum Gasteiger partial charge on any atom is -0.0748 e. The molecule has 0 saturated heterocycles. The molecule has 0 spiro atoms. The molecule has 0 heterocycles. The van der Waals surface area contributed by atoms with E-state index in [1.165, 1.54) is 6.55 Å². The number of hydrogen-bond donors (Lipinski definition) is 0. The summed E-state index contributed by atoms with van der Waals surface area (Å²) in [7, 11) is -3.52. The number of hydrogen-bond acceptors (Lipinski definition) is 0. The first-order chi connectivity index (χ1) is 4.96. The maximum Gasteiger partial charge on any atom is 0.0230 e. The van der Waals surface area contributed by atoms with Gasteiger partial charge in [0.2, 0.25) is 0 Å². The van der Waals surface area contributed by atoms with Crippen LogP contribution in [-0.2, 0) is 0 Å². The molecule has 0 saturated carbocycles. The minimum atomic E-state index is -3.52. The Balaban J connectivity index is 4.44. The Labute approximate surface area is 45.9 Å². The van der Waals surface area contributed by atoms with Crippen molar-refractivity contribution < 1.29 is 6.85 Å². The number of rotatable bonds is 2. The van der Waals surface area contributed by atoms with E-state index in [0.717, 1.165) is 0 Å². The maximum absolute atomic E-state index is 7.23. The van der Waals surface area contributed by atoms with Gasteiger partial charge in [-0.1, -0.05) is 25.8 Å². The molecule has 0 nitrogen and oxygen atoms in total. The highest BCUT2D eigenvalue weighted by atomic mass is 28.2. The molecule has 0 aliphatic rings. The van der Waals surface area contributed by atoms with E-state index >= 15 is 0 Å². The largest absolute Gasteiger partial charge is 0.0748 e. The molecule has 0 aromatic heterocycles. The maximum atomic E-state index is 7.23. The molecular formula is C4H12Si. The van der Waals surface area contributed by atoms with E-state index in [4.69, 9.17) is 9.32 Å². The second-order valence-corrected chi connectivity index (χ2v) is 1.46. The van der Waals surface area contributed by atoms with E-state index in [2.05, 4.69) is 0 Å². The molecule has 0 radical (unpaired) electrons. The third-order valence-corrected chi connectivity index (χ3v) is 0.795. The monoisotopic (exact) mass is 95.1 g/mol. The van der Waals surface area contributed by atoms with E-state index in [1.807, 2.05) is 0 Å². The molecule has 0 amide bonds. The van der Waals surface area contributed by atoms with Crippen molar-refractivity contribution in [3.05, 3.63) is 0 Å². The second kappa shape index (κ2) is 4.22. The first-order valence-electron chi connectivity index (χ1n) is 4.96. The van der Waals surface area contributed by atoms with Gasteiger partial charge in [0.15, 0.2) is 0 Å². The van der Waals surface area contributed by atoms with Crippen LogP contribution in [0.15, 0.2) is 0 Å². The van der Waals surface area contributed by atoms with Crippen molar-refractivity contribution in [3.8, 4) is 0 Å². The van der Waals surface area contributed by atoms with Gasteiger partial charge in [0.1, 0.15) is 0 Å². The Morgan fingerprint density at radius 1 is 2.40 bits per heavy atom. The smallest absolute Gasteiger partial charge is 0.0230 e. The fourth-order valence-electron chi connectivity index (χ4n) is 0.0884. The summed E-state index contributed by atoms with van der Waals surface area (Å²) in [6, 6.07) is 0. The lowest BCUT2D eigenvalue weighted by Crippen LogP contribution is -1.73. The molecule has 5 heavy (non-hydrogen) atoms. The second-order valence-electron chi connectivity index (χ2n) is 0.604. The van der Waals surface area contributed by atoms with Gasteiger partial charge >= 0.3 is 0 Å². The fourth-order valence-corrected chi connectivity index (χ4v) is 0.265. The van der Waals surface area contributed by atoms with Crippen LogP contribution in [-0.4, -0.2) is 11.9 Å². The molecule has 32 valence electrons. The Hall–Kier alpha value is 0.217. The summed E-state index contributed by atoms with van der Waals surface area (Å²) in [5.74, 6) is -2.17. The van der Waals surface area contributed by atoms with Gasteiger partial charge in [0, 0.05) is 18.7 Å². The Morgan fingerprint density at radius 2 is 3.20 bits per heavy atom. The van der Waals surface area contributed by atoms with Crippen LogP contribution in [0.3, 0.4) is 0 Å². The zero-order valence-electron chi connectivity index (χ0n) is 10.2. The zero-order chi connectivity index (χ0) is 10.2. The predicted molar refractivity (Wildman–Crippen MR) is 29.5 cm³/mol. The van der Waals surface area contributed by atoms with E-state index in [1.54, 1.807) is 0 Å². The van der Waals surface area contributed by atoms with E-state index in [-0.39, 0.29) is 0 Å². The Bertz CT molecular complexity index is 154. The van der Waals surface area contributed by atoms with Crippen molar-refractivity contribution in [2.24, 2.45) is 0 Å². The summed E-state index contributed by atoms with van der Waals surface area (Å²) < 4.78 is 49.3. The lowest BCUT2D eigenvalue weighted by molar-refractivity contribution is 1.07. The lowest BCUT2D eigenvalue weighted by Gasteiger charge is -1.78. The van der Waals surface area contributed by atoms with Crippen molar-refractivity contribution in [2.75, 3.05) is 0 Å². The van der Waals surface area contributed by atoms with Crippen LogP contribution < -0.4 is 0 Å². The molecule has 0 aromatic carbocycles. The quantitative estimate of drug-likeness (QED) is 0.449. The molecule has 0 aliphatic heterocycles. The van der Waals surface area contributed by atoms with E-state index in [0.29, 0.717) is 0 Å². The van der Waals surface area contributed by atoms with Crippen molar-refractivity contribution >= 4 is 9.38 Å². The van der Waals surface area contributed by atoms with Gasteiger partial charge in [0.25, 0.3) is 0 Å². The van der Waals surface area contributed by atoms with Crippen molar-refractivity contribution in [2.45, 2.75) is 25.8 Å². The van der Waals surface area contributed by atoms with Crippen molar-refractivity contribution in [1.82, 2.24) is 0 Å². The Kier molecular flexibility index (Phi) is 0.622.